The molecule has 0 aliphatic carbocycles. The van der Waals surface area contributed by atoms with Gasteiger partial charge in [0.25, 0.3) is 11.8 Å². The molecule has 0 atom stereocenters. The number of ether oxygens (including phenoxy) is 1. The monoisotopic (exact) mass is 320 g/mol. The van der Waals surface area contributed by atoms with Gasteiger partial charge in [-0.3, -0.25) is 19.8 Å². The van der Waals surface area contributed by atoms with Crippen LogP contribution in [0.3, 0.4) is 0 Å². The van der Waals surface area contributed by atoms with Crippen LogP contribution in [0.1, 0.15) is 5.56 Å². The molecule has 2 N–H and O–H groups in total. The normalized spacial score (nSPS) is 16.7. The molecule has 0 unspecified atom stereocenters. The highest BCUT2D eigenvalue weighted by Crippen LogP contribution is 2.22. The van der Waals surface area contributed by atoms with E-state index in [-0.39, 0.29) is 16.4 Å². The second-order valence-electron chi connectivity index (χ2n) is 4.40. The average Bonchev–Trinajstić information content (AvgIpc) is 2.48. The van der Waals surface area contributed by atoms with Crippen LogP contribution in [0.4, 0.5) is 0 Å². The lowest BCUT2D eigenvalue weighted by Crippen LogP contribution is -2.52. The van der Waals surface area contributed by atoms with Crippen molar-refractivity contribution >= 4 is 41.2 Å². The van der Waals surface area contributed by atoms with Gasteiger partial charge in [-0.05, 0) is 24.4 Å². The summed E-state index contributed by atoms with van der Waals surface area (Å²) < 4.78 is 5.13. The first-order chi connectivity index (χ1) is 10.4. The Morgan fingerprint density at radius 3 is 2.77 bits per heavy atom. The average molecular weight is 320 g/mol. The Bertz CT molecular complexity index is 698. The van der Waals surface area contributed by atoms with Crippen molar-refractivity contribution in [2.75, 3.05) is 13.7 Å². The molecule has 1 aliphatic rings. The highest BCUT2D eigenvalue weighted by atomic mass is 32.1. The fraction of sp³-hybridized carbons (Fsp3) is 0.143. The van der Waals surface area contributed by atoms with Crippen LogP contribution in [0.15, 0.2) is 29.8 Å². The topological polar surface area (TPSA) is 95.9 Å². The molecule has 1 aromatic carbocycles. The van der Waals surface area contributed by atoms with Gasteiger partial charge in [-0.15, -0.1) is 0 Å². The molecule has 2 rings (SSSR count). The number of carbonyl (C=O) groups is 3. The maximum atomic E-state index is 12.1. The van der Waals surface area contributed by atoms with E-state index < -0.39 is 24.4 Å². The van der Waals surface area contributed by atoms with Crippen LogP contribution in [-0.4, -0.2) is 46.6 Å². The number of nitrogens with one attached hydrogen (secondary N) is 1. The van der Waals surface area contributed by atoms with Gasteiger partial charge in [0.2, 0.25) is 0 Å². The molecule has 1 saturated heterocycles. The van der Waals surface area contributed by atoms with Crippen molar-refractivity contribution in [2.45, 2.75) is 0 Å². The molecule has 1 heterocycles. The van der Waals surface area contributed by atoms with E-state index in [1.165, 1.54) is 13.1 Å². The van der Waals surface area contributed by atoms with E-state index in [2.05, 4.69) is 5.32 Å². The zero-order chi connectivity index (χ0) is 16.3. The minimum Gasteiger partial charge on any atom is -0.481 e. The van der Waals surface area contributed by atoms with Crippen LogP contribution in [0.25, 0.3) is 6.08 Å². The van der Waals surface area contributed by atoms with E-state index in [1.807, 2.05) is 0 Å². The van der Waals surface area contributed by atoms with E-state index in [4.69, 9.17) is 22.1 Å². The third-order valence-electron chi connectivity index (χ3n) is 2.87. The summed E-state index contributed by atoms with van der Waals surface area (Å²) in [7, 11) is 1.45. The zero-order valence-corrected chi connectivity index (χ0v) is 12.3. The number of para-hydroxylation sites is 1. The van der Waals surface area contributed by atoms with Crippen LogP contribution in [0.5, 0.6) is 5.75 Å². The summed E-state index contributed by atoms with van der Waals surface area (Å²) >= 11 is 4.85. The molecule has 0 aromatic heterocycles. The summed E-state index contributed by atoms with van der Waals surface area (Å²) in [6.45, 7) is -0.523. The Morgan fingerprint density at radius 2 is 2.09 bits per heavy atom. The lowest BCUT2D eigenvalue weighted by molar-refractivity contribution is -0.139. The number of nitrogens with zero attached hydrogens (tertiary/aromatic N) is 1. The summed E-state index contributed by atoms with van der Waals surface area (Å²) in [5.74, 6) is -2.02. The van der Waals surface area contributed by atoms with Crippen molar-refractivity contribution in [1.82, 2.24) is 10.2 Å². The van der Waals surface area contributed by atoms with Crippen molar-refractivity contribution in [1.29, 1.82) is 0 Å². The fourth-order valence-electron chi connectivity index (χ4n) is 1.77. The summed E-state index contributed by atoms with van der Waals surface area (Å²) in [6, 6.07) is 6.50. The second kappa shape index (κ2) is 6.35. The van der Waals surface area contributed by atoms with Crippen LogP contribution in [0.2, 0.25) is 0 Å². The van der Waals surface area contributed by atoms with Crippen molar-refractivity contribution in [3.63, 3.8) is 0 Å². The van der Waals surface area contributed by atoms with Crippen LogP contribution >= 0.6 is 12.2 Å². The van der Waals surface area contributed by atoms with Gasteiger partial charge in [-0.25, -0.2) is 4.79 Å². The predicted molar refractivity (Wildman–Crippen MR) is 81.1 cm³/mol. The first-order valence-electron chi connectivity index (χ1n) is 6.19. The SMILES string of the molecule is CN1C(=O)/C(=C/c2ccccc2OCC(=O)O)C(=O)NC1=S. The number of aliphatic carboxylic acids is 1. The molecule has 7 nitrogen and oxygen atoms in total. The smallest absolute Gasteiger partial charge is 0.341 e. The number of carbonyl (C=O) groups excluding carboxylic acids is 2. The molecule has 1 aliphatic heterocycles. The molecule has 114 valence electrons. The van der Waals surface area contributed by atoms with Gasteiger partial charge in [-0.2, -0.15) is 0 Å². The van der Waals surface area contributed by atoms with Gasteiger partial charge < -0.3 is 9.84 Å². The van der Waals surface area contributed by atoms with E-state index in [1.54, 1.807) is 24.3 Å². The molecule has 2 amide bonds. The minimum atomic E-state index is -1.13. The number of carboxylic acids is 1. The standard InChI is InChI=1S/C14H12N2O5S/c1-16-13(20)9(12(19)15-14(16)22)6-8-4-2-3-5-10(8)21-7-11(17)18/h2-6H,7H2,1H3,(H,17,18)(H,15,19,22)/b9-6+. The Hall–Kier alpha value is -2.74. The maximum absolute atomic E-state index is 12.1. The van der Waals surface area contributed by atoms with E-state index in [0.29, 0.717) is 5.56 Å². The van der Waals surface area contributed by atoms with Crippen molar-refractivity contribution in [2.24, 2.45) is 0 Å². The molecule has 0 bridgehead atoms. The van der Waals surface area contributed by atoms with Gasteiger partial charge in [0, 0.05) is 12.6 Å². The number of likely N-dealkylation sites (N-methyl/N-ethyl adjacent to an activating group) is 1. The van der Waals surface area contributed by atoms with E-state index in [9.17, 15) is 14.4 Å². The molecule has 0 spiro atoms. The third-order valence-corrected chi connectivity index (χ3v) is 3.25. The first-order valence-corrected chi connectivity index (χ1v) is 6.59. The number of carboxylic acid groups (broad SMARTS) is 1. The molecule has 1 fully saturated rings. The highest BCUT2D eigenvalue weighted by molar-refractivity contribution is 7.80. The van der Waals surface area contributed by atoms with E-state index >= 15 is 0 Å². The first kappa shape index (κ1) is 15.6. The summed E-state index contributed by atoms with van der Waals surface area (Å²) in [6.07, 6.45) is 1.34. The number of thiocarbonyl (C=S) groups is 1. The number of hydrogen-bond acceptors (Lipinski definition) is 5. The Labute approximate surface area is 131 Å². The van der Waals surface area contributed by atoms with Gasteiger partial charge in [0.15, 0.2) is 11.7 Å². The Morgan fingerprint density at radius 1 is 1.41 bits per heavy atom. The number of hydrogen-bond donors (Lipinski definition) is 2. The largest absolute Gasteiger partial charge is 0.481 e. The van der Waals surface area contributed by atoms with E-state index in [0.717, 1.165) is 4.90 Å². The number of rotatable bonds is 4. The van der Waals surface area contributed by atoms with Crippen LogP contribution in [-0.2, 0) is 14.4 Å². The molecule has 8 heteroatoms. The van der Waals surface area contributed by atoms with Crippen molar-refractivity contribution < 1.29 is 24.2 Å². The third kappa shape index (κ3) is 3.29. The maximum Gasteiger partial charge on any atom is 0.341 e. The quantitative estimate of drug-likeness (QED) is 0.474. The second-order valence-corrected chi connectivity index (χ2v) is 4.79. The summed E-state index contributed by atoms with van der Waals surface area (Å²) in [5.41, 5.74) is 0.311. The van der Waals surface area contributed by atoms with Crippen LogP contribution < -0.4 is 10.1 Å². The highest BCUT2D eigenvalue weighted by Gasteiger charge is 2.30. The molecule has 1 aromatic rings. The summed E-state index contributed by atoms with van der Waals surface area (Å²) in [4.78, 5) is 35.7. The molecular weight excluding hydrogens is 308 g/mol. The molecule has 22 heavy (non-hydrogen) atoms. The van der Waals surface area contributed by atoms with Crippen molar-refractivity contribution in [3.8, 4) is 5.75 Å². The molecule has 0 radical (unpaired) electrons. The lowest BCUT2D eigenvalue weighted by atomic mass is 10.1. The predicted octanol–water partition coefficient (Wildman–Crippen LogP) is 0.406. The lowest BCUT2D eigenvalue weighted by Gasteiger charge is -2.25. The van der Waals surface area contributed by atoms with Gasteiger partial charge >= 0.3 is 5.97 Å². The van der Waals surface area contributed by atoms with Crippen molar-refractivity contribution in [3.05, 3.63) is 35.4 Å². The Kier molecular flexibility index (Phi) is 4.52. The summed E-state index contributed by atoms with van der Waals surface area (Å²) in [5, 5.41) is 11.1. The molecular formula is C14H12N2O5S. The zero-order valence-electron chi connectivity index (χ0n) is 11.5. The van der Waals surface area contributed by atoms with Gasteiger partial charge in [-0.1, -0.05) is 18.2 Å². The molecule has 0 saturated carbocycles. The van der Waals surface area contributed by atoms with Gasteiger partial charge in [0.1, 0.15) is 11.3 Å². The van der Waals surface area contributed by atoms with Gasteiger partial charge in [0.05, 0.1) is 0 Å². The minimum absolute atomic E-state index is 0.0302. The van der Waals surface area contributed by atoms with Crippen LogP contribution in [0, 0.1) is 0 Å². The Balaban J connectivity index is 2.36. The number of benzene rings is 1. The number of amides is 2. The fourth-order valence-corrected chi connectivity index (χ4v) is 1.95.